The van der Waals surface area contributed by atoms with Gasteiger partial charge in [-0.15, -0.1) is 6.42 Å². The Balaban J connectivity index is 2.04. The Hall–Kier alpha value is -3.39. The molecule has 0 atom stereocenters. The van der Waals surface area contributed by atoms with Crippen LogP contribution in [0.5, 0.6) is 0 Å². The highest BCUT2D eigenvalue weighted by Crippen LogP contribution is 2.13. The molecular formula is C21H19FN2O2. The Kier molecular flexibility index (Phi) is 7.14. The number of carbonyl (C=O) groups excluding carboxylic acids is 1. The average Bonchev–Trinajstić information content (AvgIpc) is 2.65. The number of allylic oxidation sites excluding steroid dienone is 3. The third-order valence-corrected chi connectivity index (χ3v) is 3.36. The number of anilines is 1. The van der Waals surface area contributed by atoms with Gasteiger partial charge in [0, 0.05) is 6.20 Å². The number of aromatic nitrogens is 1. The van der Waals surface area contributed by atoms with Crippen molar-refractivity contribution in [3.8, 4) is 12.3 Å². The number of rotatable bonds is 7. The van der Waals surface area contributed by atoms with E-state index in [0.717, 1.165) is 5.56 Å². The van der Waals surface area contributed by atoms with E-state index in [2.05, 4.69) is 16.2 Å². The fourth-order valence-corrected chi connectivity index (χ4v) is 1.98. The summed E-state index contributed by atoms with van der Waals surface area (Å²) in [5.41, 5.74) is 2.11. The Morgan fingerprint density at radius 3 is 2.73 bits per heavy atom. The van der Waals surface area contributed by atoms with Gasteiger partial charge in [-0.05, 0) is 54.5 Å². The van der Waals surface area contributed by atoms with Gasteiger partial charge in [-0.3, -0.25) is 9.78 Å². The van der Waals surface area contributed by atoms with E-state index in [4.69, 9.17) is 11.2 Å². The number of hydrogen-bond acceptors (Lipinski definition) is 3. The summed E-state index contributed by atoms with van der Waals surface area (Å²) in [7, 11) is 0. The van der Waals surface area contributed by atoms with Gasteiger partial charge in [0.05, 0.1) is 18.3 Å². The summed E-state index contributed by atoms with van der Waals surface area (Å²) >= 11 is 0. The molecule has 0 unspecified atom stereocenters. The molecule has 1 N–H and O–H groups in total. The van der Waals surface area contributed by atoms with Crippen LogP contribution in [0.2, 0.25) is 0 Å². The molecule has 132 valence electrons. The van der Waals surface area contributed by atoms with Gasteiger partial charge in [-0.2, -0.15) is 0 Å². The molecule has 0 saturated carbocycles. The van der Waals surface area contributed by atoms with Gasteiger partial charge in [-0.1, -0.05) is 18.1 Å². The molecule has 2 rings (SSSR count). The summed E-state index contributed by atoms with van der Waals surface area (Å²) < 4.78 is 18.7. The lowest BCUT2D eigenvalue weighted by Crippen LogP contribution is -2.13. The maximum absolute atomic E-state index is 13.0. The van der Waals surface area contributed by atoms with E-state index in [1.54, 1.807) is 55.7 Å². The topological polar surface area (TPSA) is 51.2 Å². The fraction of sp³-hybridized carbons (Fsp3) is 0.143. The standard InChI is InChI=1S/C21H19FN2O2/c1-3-16(2)6-11-20(26-15-17-7-9-18(22)10-8-17)13-21(25)24-19-5-4-12-23-14-19/h1,4-12,14H,13,15H2,2H3,(H,24,25)/b16-6-,20-11+. The molecule has 0 aliphatic rings. The third kappa shape index (κ3) is 6.62. The van der Waals surface area contributed by atoms with Gasteiger partial charge in [0.2, 0.25) is 5.91 Å². The first-order chi connectivity index (χ1) is 12.6. The van der Waals surface area contributed by atoms with Gasteiger partial charge in [0.25, 0.3) is 0 Å². The van der Waals surface area contributed by atoms with E-state index in [-0.39, 0.29) is 24.8 Å². The molecule has 1 aromatic carbocycles. The number of terminal acetylenes is 1. The van der Waals surface area contributed by atoms with Crippen LogP contribution in [0.25, 0.3) is 0 Å². The second-order valence-electron chi connectivity index (χ2n) is 5.51. The molecule has 2 aromatic rings. The molecule has 1 heterocycles. The second kappa shape index (κ2) is 9.80. The number of ether oxygens (including phenoxy) is 1. The van der Waals surface area contributed by atoms with Gasteiger partial charge >= 0.3 is 0 Å². The summed E-state index contributed by atoms with van der Waals surface area (Å²) in [5, 5.41) is 2.75. The van der Waals surface area contributed by atoms with Crippen molar-refractivity contribution in [2.45, 2.75) is 20.0 Å². The van der Waals surface area contributed by atoms with Crippen LogP contribution < -0.4 is 5.32 Å². The highest BCUT2D eigenvalue weighted by molar-refractivity contribution is 5.91. The Morgan fingerprint density at radius 1 is 1.31 bits per heavy atom. The summed E-state index contributed by atoms with van der Waals surface area (Å²) in [6.45, 7) is 2.00. The van der Waals surface area contributed by atoms with Gasteiger partial charge in [-0.25, -0.2) is 4.39 Å². The summed E-state index contributed by atoms with van der Waals surface area (Å²) in [4.78, 5) is 16.2. The van der Waals surface area contributed by atoms with Crippen molar-refractivity contribution < 1.29 is 13.9 Å². The quantitative estimate of drug-likeness (QED) is 0.462. The number of hydrogen-bond donors (Lipinski definition) is 1. The zero-order valence-corrected chi connectivity index (χ0v) is 14.4. The Morgan fingerprint density at radius 2 is 2.08 bits per heavy atom. The minimum absolute atomic E-state index is 0.0322. The summed E-state index contributed by atoms with van der Waals surface area (Å²) in [6, 6.07) is 9.46. The van der Waals surface area contributed by atoms with Gasteiger partial charge < -0.3 is 10.1 Å². The number of halogens is 1. The molecule has 1 amide bonds. The minimum atomic E-state index is -0.312. The van der Waals surface area contributed by atoms with Crippen molar-refractivity contribution in [2.24, 2.45) is 0 Å². The lowest BCUT2D eigenvalue weighted by molar-refractivity contribution is -0.116. The van der Waals surface area contributed by atoms with Crippen LogP contribution in [-0.2, 0) is 16.1 Å². The first kappa shape index (κ1) is 18.9. The van der Waals surface area contributed by atoms with E-state index in [1.165, 1.54) is 12.1 Å². The van der Waals surface area contributed by atoms with Gasteiger partial charge in [0.1, 0.15) is 18.2 Å². The molecule has 0 fully saturated rings. The SMILES string of the molecule is C#C/C(C)=C\C=C(/CC(=O)Nc1cccnc1)OCc1ccc(F)cc1. The maximum Gasteiger partial charge on any atom is 0.232 e. The molecule has 5 heteroatoms. The number of benzene rings is 1. The van der Waals surface area contributed by atoms with E-state index >= 15 is 0 Å². The lowest BCUT2D eigenvalue weighted by Gasteiger charge is -2.11. The van der Waals surface area contributed by atoms with Crippen LogP contribution in [0.1, 0.15) is 18.9 Å². The van der Waals surface area contributed by atoms with Crippen molar-refractivity contribution in [3.05, 3.63) is 83.7 Å². The molecule has 26 heavy (non-hydrogen) atoms. The van der Waals surface area contributed by atoms with Gasteiger partial charge in [0.15, 0.2) is 0 Å². The maximum atomic E-state index is 13.0. The van der Waals surface area contributed by atoms with E-state index in [1.807, 2.05) is 0 Å². The molecule has 0 spiro atoms. The predicted octanol–water partition coefficient (Wildman–Crippen LogP) is 4.23. The monoisotopic (exact) mass is 350 g/mol. The predicted molar refractivity (Wildman–Crippen MR) is 99.3 cm³/mol. The number of nitrogens with zero attached hydrogens (tertiary/aromatic N) is 1. The molecule has 0 saturated heterocycles. The summed E-state index contributed by atoms with van der Waals surface area (Å²) in [6.07, 6.45) is 11.9. The van der Waals surface area contributed by atoms with E-state index in [9.17, 15) is 9.18 Å². The van der Waals surface area contributed by atoms with Crippen molar-refractivity contribution in [2.75, 3.05) is 5.32 Å². The molecule has 0 radical (unpaired) electrons. The first-order valence-corrected chi connectivity index (χ1v) is 7.98. The summed E-state index contributed by atoms with van der Waals surface area (Å²) in [5.74, 6) is 2.40. The molecule has 0 bridgehead atoms. The van der Waals surface area contributed by atoms with E-state index < -0.39 is 0 Å². The normalized spacial score (nSPS) is 11.6. The van der Waals surface area contributed by atoms with Crippen molar-refractivity contribution in [1.29, 1.82) is 0 Å². The molecule has 4 nitrogen and oxygen atoms in total. The van der Waals surface area contributed by atoms with Crippen molar-refractivity contribution in [3.63, 3.8) is 0 Å². The van der Waals surface area contributed by atoms with Crippen LogP contribution in [0.3, 0.4) is 0 Å². The van der Waals surface area contributed by atoms with Crippen LogP contribution in [-0.4, -0.2) is 10.9 Å². The number of carbonyl (C=O) groups is 1. The zero-order chi connectivity index (χ0) is 18.8. The molecular weight excluding hydrogens is 331 g/mol. The number of amides is 1. The van der Waals surface area contributed by atoms with Crippen molar-refractivity contribution >= 4 is 11.6 Å². The molecule has 0 aliphatic heterocycles. The smallest absolute Gasteiger partial charge is 0.232 e. The molecule has 1 aromatic heterocycles. The molecule has 0 aliphatic carbocycles. The van der Waals surface area contributed by atoms with Crippen LogP contribution >= 0.6 is 0 Å². The third-order valence-electron chi connectivity index (χ3n) is 3.36. The fourth-order valence-electron chi connectivity index (χ4n) is 1.98. The Labute approximate surface area is 152 Å². The Bertz CT molecular complexity index is 835. The lowest BCUT2D eigenvalue weighted by atomic mass is 10.2. The zero-order valence-electron chi connectivity index (χ0n) is 14.4. The van der Waals surface area contributed by atoms with Crippen LogP contribution in [0.4, 0.5) is 10.1 Å². The number of pyridine rings is 1. The van der Waals surface area contributed by atoms with Crippen LogP contribution in [0.15, 0.2) is 72.3 Å². The first-order valence-electron chi connectivity index (χ1n) is 7.98. The highest BCUT2D eigenvalue weighted by atomic mass is 19.1. The minimum Gasteiger partial charge on any atom is -0.493 e. The largest absolute Gasteiger partial charge is 0.493 e. The number of nitrogens with one attached hydrogen (secondary N) is 1. The van der Waals surface area contributed by atoms with E-state index in [0.29, 0.717) is 17.0 Å². The highest BCUT2D eigenvalue weighted by Gasteiger charge is 2.08. The average molecular weight is 350 g/mol. The van der Waals surface area contributed by atoms with Crippen LogP contribution in [0, 0.1) is 18.2 Å². The second-order valence-corrected chi connectivity index (χ2v) is 5.51. The van der Waals surface area contributed by atoms with Crippen molar-refractivity contribution in [1.82, 2.24) is 4.98 Å².